The van der Waals surface area contributed by atoms with Crippen molar-refractivity contribution in [2.24, 2.45) is 5.73 Å². The average molecular weight is 179 g/mol. The van der Waals surface area contributed by atoms with E-state index in [1.807, 2.05) is 0 Å². The van der Waals surface area contributed by atoms with Gasteiger partial charge >= 0.3 is 0 Å². The van der Waals surface area contributed by atoms with Crippen molar-refractivity contribution in [3.05, 3.63) is 34.9 Å². The highest BCUT2D eigenvalue weighted by Gasteiger charge is 1.93. The fourth-order valence-electron chi connectivity index (χ4n) is 1.18. The second-order valence-corrected chi connectivity index (χ2v) is 2.92. The molecular weight excluding hydrogens is 162 g/mol. The summed E-state index contributed by atoms with van der Waals surface area (Å²) in [5, 5.41) is 0. The van der Waals surface area contributed by atoms with Gasteiger partial charge in [0.2, 0.25) is 6.41 Å². The van der Waals surface area contributed by atoms with Crippen LogP contribution in [-0.2, 0) is 11.2 Å². The van der Waals surface area contributed by atoms with Gasteiger partial charge in [-0.25, -0.2) is 0 Å². The number of benzene rings is 1. The molecule has 1 aromatic carbocycles. The maximum atomic E-state index is 8.58. The zero-order valence-electron chi connectivity index (χ0n) is 8.50. The van der Waals surface area contributed by atoms with E-state index in [0.29, 0.717) is 0 Å². The van der Waals surface area contributed by atoms with Crippen LogP contribution >= 0.6 is 0 Å². The van der Waals surface area contributed by atoms with Crippen molar-refractivity contribution < 1.29 is 4.79 Å². The SMILES string of the molecule is CCc1cc(C)ccc1C.NC=O. The fraction of sp³-hybridized carbons (Fsp3) is 0.364. The zero-order chi connectivity index (χ0) is 10.3. The van der Waals surface area contributed by atoms with Crippen LogP contribution in [0.25, 0.3) is 0 Å². The lowest BCUT2D eigenvalue weighted by molar-refractivity contribution is -0.106. The van der Waals surface area contributed by atoms with E-state index >= 15 is 0 Å². The summed E-state index contributed by atoms with van der Waals surface area (Å²) in [4.78, 5) is 8.58. The monoisotopic (exact) mass is 179 g/mol. The Morgan fingerprint density at radius 1 is 1.38 bits per heavy atom. The smallest absolute Gasteiger partial charge is 0.204 e. The van der Waals surface area contributed by atoms with Crippen molar-refractivity contribution in [2.45, 2.75) is 27.2 Å². The van der Waals surface area contributed by atoms with Crippen molar-refractivity contribution in [3.63, 3.8) is 0 Å². The molecule has 0 saturated carbocycles. The van der Waals surface area contributed by atoms with E-state index in [9.17, 15) is 0 Å². The largest absolute Gasteiger partial charge is 0.372 e. The topological polar surface area (TPSA) is 43.1 Å². The van der Waals surface area contributed by atoms with Crippen molar-refractivity contribution in [2.75, 3.05) is 0 Å². The number of hydrogen-bond donors (Lipinski definition) is 1. The van der Waals surface area contributed by atoms with Gasteiger partial charge in [0.25, 0.3) is 0 Å². The number of rotatable bonds is 1. The van der Waals surface area contributed by atoms with Crippen LogP contribution in [0.1, 0.15) is 23.6 Å². The first-order valence-electron chi connectivity index (χ1n) is 4.37. The van der Waals surface area contributed by atoms with E-state index in [0.717, 1.165) is 6.42 Å². The average Bonchev–Trinajstić information content (AvgIpc) is 2.10. The van der Waals surface area contributed by atoms with Crippen LogP contribution in [0, 0.1) is 13.8 Å². The Morgan fingerprint density at radius 2 is 1.92 bits per heavy atom. The minimum Gasteiger partial charge on any atom is -0.372 e. The van der Waals surface area contributed by atoms with E-state index in [-0.39, 0.29) is 6.41 Å². The van der Waals surface area contributed by atoms with Crippen LogP contribution < -0.4 is 5.73 Å². The second kappa shape index (κ2) is 6.23. The Labute approximate surface area is 79.8 Å². The summed E-state index contributed by atoms with van der Waals surface area (Å²) in [6, 6.07) is 6.61. The van der Waals surface area contributed by atoms with Gasteiger partial charge < -0.3 is 5.73 Å². The maximum Gasteiger partial charge on any atom is 0.204 e. The molecule has 0 saturated heterocycles. The normalized spacial score (nSPS) is 8.54. The highest BCUT2D eigenvalue weighted by Crippen LogP contribution is 2.10. The molecule has 0 aromatic heterocycles. The molecule has 0 fully saturated rings. The predicted molar refractivity (Wildman–Crippen MR) is 55.5 cm³/mol. The lowest BCUT2D eigenvalue weighted by Crippen LogP contribution is -1.86. The number of carbonyl (C=O) groups excluding carboxylic acids is 1. The molecule has 0 aliphatic heterocycles. The molecule has 0 aliphatic rings. The summed E-state index contributed by atoms with van der Waals surface area (Å²) < 4.78 is 0. The summed E-state index contributed by atoms with van der Waals surface area (Å²) in [7, 11) is 0. The number of primary amides is 1. The van der Waals surface area contributed by atoms with Gasteiger partial charge in [-0.3, -0.25) is 4.79 Å². The van der Waals surface area contributed by atoms with E-state index < -0.39 is 0 Å². The Kier molecular flexibility index (Phi) is 5.60. The number of hydrogen-bond acceptors (Lipinski definition) is 1. The van der Waals surface area contributed by atoms with Crippen LogP contribution in [-0.4, -0.2) is 6.41 Å². The molecule has 2 nitrogen and oxygen atoms in total. The van der Waals surface area contributed by atoms with Gasteiger partial charge in [-0.15, -0.1) is 0 Å². The van der Waals surface area contributed by atoms with Crippen LogP contribution in [0.5, 0.6) is 0 Å². The molecule has 0 atom stereocenters. The summed E-state index contributed by atoms with van der Waals surface area (Å²) in [5.74, 6) is 0. The van der Waals surface area contributed by atoms with Gasteiger partial charge in [0.05, 0.1) is 0 Å². The minimum absolute atomic E-state index is 0.250. The van der Waals surface area contributed by atoms with E-state index in [2.05, 4.69) is 44.7 Å². The Morgan fingerprint density at radius 3 is 2.31 bits per heavy atom. The molecule has 0 unspecified atom stereocenters. The summed E-state index contributed by atoms with van der Waals surface area (Å²) in [5.41, 5.74) is 8.41. The van der Waals surface area contributed by atoms with E-state index in [1.165, 1.54) is 16.7 Å². The number of amides is 1. The Balaban J connectivity index is 0.000000424. The van der Waals surface area contributed by atoms with Crippen molar-refractivity contribution >= 4 is 6.41 Å². The quantitative estimate of drug-likeness (QED) is 0.658. The summed E-state index contributed by atoms with van der Waals surface area (Å²) in [6.45, 7) is 6.50. The van der Waals surface area contributed by atoms with E-state index in [1.54, 1.807) is 0 Å². The molecule has 1 rings (SSSR count). The second-order valence-electron chi connectivity index (χ2n) is 2.92. The Bertz CT molecular complexity index is 269. The van der Waals surface area contributed by atoms with Crippen LogP contribution in [0.15, 0.2) is 18.2 Å². The molecule has 0 aliphatic carbocycles. The van der Waals surface area contributed by atoms with Crippen LogP contribution in [0.2, 0.25) is 0 Å². The van der Waals surface area contributed by atoms with Gasteiger partial charge in [0.1, 0.15) is 0 Å². The number of aryl methyl sites for hydroxylation is 3. The standard InChI is InChI=1S/C10H14.CH3NO/c1-4-10-7-8(2)5-6-9(10)3;2-1-3/h5-7H,4H2,1-3H3;1H,(H2,2,3). The first-order valence-corrected chi connectivity index (χ1v) is 4.37. The first-order chi connectivity index (χ1) is 6.15. The van der Waals surface area contributed by atoms with Crippen molar-refractivity contribution in [1.29, 1.82) is 0 Å². The minimum atomic E-state index is 0.250. The molecule has 0 spiro atoms. The first kappa shape index (κ1) is 11.7. The predicted octanol–water partition coefficient (Wildman–Crippen LogP) is 1.97. The molecule has 0 radical (unpaired) electrons. The van der Waals surface area contributed by atoms with Gasteiger partial charge in [-0.2, -0.15) is 0 Å². The molecular formula is C11H17NO. The van der Waals surface area contributed by atoms with Crippen LogP contribution in [0.3, 0.4) is 0 Å². The van der Waals surface area contributed by atoms with Crippen molar-refractivity contribution in [3.8, 4) is 0 Å². The molecule has 72 valence electrons. The molecule has 1 amide bonds. The van der Waals surface area contributed by atoms with Crippen molar-refractivity contribution in [1.82, 2.24) is 0 Å². The van der Waals surface area contributed by atoms with Crippen LogP contribution in [0.4, 0.5) is 0 Å². The van der Waals surface area contributed by atoms with Gasteiger partial charge in [0.15, 0.2) is 0 Å². The molecule has 1 aromatic rings. The van der Waals surface area contributed by atoms with Gasteiger partial charge in [-0.05, 0) is 31.4 Å². The third-order valence-electron chi connectivity index (χ3n) is 1.89. The van der Waals surface area contributed by atoms with Gasteiger partial charge in [-0.1, -0.05) is 30.7 Å². The molecule has 2 N–H and O–H groups in total. The molecule has 0 heterocycles. The Hall–Kier alpha value is -1.31. The summed E-state index contributed by atoms with van der Waals surface area (Å²) >= 11 is 0. The third-order valence-corrected chi connectivity index (χ3v) is 1.89. The number of carbonyl (C=O) groups is 1. The molecule has 0 bridgehead atoms. The molecule has 13 heavy (non-hydrogen) atoms. The number of nitrogens with two attached hydrogens (primary N) is 1. The highest BCUT2D eigenvalue weighted by molar-refractivity contribution is 5.42. The lowest BCUT2D eigenvalue weighted by atomic mass is 10.0. The highest BCUT2D eigenvalue weighted by atomic mass is 16.1. The van der Waals surface area contributed by atoms with Gasteiger partial charge in [0, 0.05) is 0 Å². The third kappa shape index (κ3) is 4.31. The lowest BCUT2D eigenvalue weighted by Gasteiger charge is -2.02. The summed E-state index contributed by atoms with van der Waals surface area (Å²) in [6.07, 6.45) is 1.40. The maximum absolute atomic E-state index is 8.58. The zero-order valence-corrected chi connectivity index (χ0v) is 8.50. The fourth-order valence-corrected chi connectivity index (χ4v) is 1.18. The van der Waals surface area contributed by atoms with E-state index in [4.69, 9.17) is 4.79 Å². The molecule has 2 heteroatoms.